The maximum absolute atomic E-state index is 12.3. The summed E-state index contributed by atoms with van der Waals surface area (Å²) in [5, 5.41) is 9.14. The Morgan fingerprint density at radius 2 is 2.15 bits per heavy atom. The molecule has 20 heavy (non-hydrogen) atoms. The summed E-state index contributed by atoms with van der Waals surface area (Å²) >= 11 is 0. The van der Waals surface area contributed by atoms with Gasteiger partial charge in [0.05, 0.1) is 11.3 Å². The molecule has 0 unspecified atom stereocenters. The average Bonchev–Trinajstić information content (AvgIpc) is 2.49. The quantitative estimate of drug-likeness (QED) is 0.853. The van der Waals surface area contributed by atoms with Crippen LogP contribution in [-0.4, -0.2) is 16.6 Å². The van der Waals surface area contributed by atoms with Gasteiger partial charge in [0.25, 0.3) is 5.56 Å². The van der Waals surface area contributed by atoms with Gasteiger partial charge in [-0.1, -0.05) is 19.1 Å². The summed E-state index contributed by atoms with van der Waals surface area (Å²) in [5.74, 6) is 0.323. The monoisotopic (exact) mass is 268 g/mol. The van der Waals surface area contributed by atoms with Crippen molar-refractivity contribution < 1.29 is 0 Å². The van der Waals surface area contributed by atoms with E-state index < -0.39 is 0 Å². The van der Waals surface area contributed by atoms with Gasteiger partial charge in [-0.25, -0.2) is 4.98 Å². The molecule has 0 fully saturated rings. The Kier molecular flexibility index (Phi) is 4.16. The molecule has 0 saturated carbocycles. The van der Waals surface area contributed by atoms with Crippen LogP contribution in [0.4, 0.5) is 11.5 Å². The minimum atomic E-state index is -0.149. The largest absolute Gasteiger partial charge is 0.324 e. The molecule has 0 spiro atoms. The molecule has 5 heteroatoms. The highest BCUT2D eigenvalue weighted by Gasteiger charge is 2.14. The molecule has 0 aliphatic heterocycles. The summed E-state index contributed by atoms with van der Waals surface area (Å²) in [6.45, 7) is 2.67. The van der Waals surface area contributed by atoms with Crippen molar-refractivity contribution in [3.05, 3.63) is 52.6 Å². The molecule has 0 aliphatic carbocycles. The molecular formula is C15H16N4O. The van der Waals surface area contributed by atoms with Gasteiger partial charge in [-0.2, -0.15) is 5.26 Å². The van der Waals surface area contributed by atoms with Crippen molar-refractivity contribution in [3.63, 3.8) is 0 Å². The summed E-state index contributed by atoms with van der Waals surface area (Å²) in [7, 11) is 1.75. The van der Waals surface area contributed by atoms with Gasteiger partial charge in [0.1, 0.15) is 6.07 Å². The van der Waals surface area contributed by atoms with Crippen molar-refractivity contribution in [2.24, 2.45) is 0 Å². The van der Waals surface area contributed by atoms with E-state index in [4.69, 9.17) is 5.26 Å². The van der Waals surface area contributed by atoms with Crippen LogP contribution in [0.15, 0.2) is 41.5 Å². The van der Waals surface area contributed by atoms with Gasteiger partial charge < -0.3 is 9.47 Å². The third kappa shape index (κ3) is 2.54. The zero-order chi connectivity index (χ0) is 14.5. The number of aryl methyl sites for hydroxylation is 1. The lowest BCUT2D eigenvalue weighted by Gasteiger charge is -2.19. The number of aromatic nitrogens is 2. The van der Waals surface area contributed by atoms with Crippen molar-refractivity contribution in [3.8, 4) is 6.07 Å². The lowest BCUT2D eigenvalue weighted by Crippen LogP contribution is -2.28. The number of para-hydroxylation sites is 1. The van der Waals surface area contributed by atoms with E-state index in [-0.39, 0.29) is 5.56 Å². The first-order chi connectivity index (χ1) is 9.69. The summed E-state index contributed by atoms with van der Waals surface area (Å²) in [5.41, 5.74) is 1.04. The van der Waals surface area contributed by atoms with Gasteiger partial charge in [-0.3, -0.25) is 4.79 Å². The highest BCUT2D eigenvalue weighted by atomic mass is 16.1. The predicted molar refractivity (Wildman–Crippen MR) is 78.0 cm³/mol. The maximum Gasteiger partial charge on any atom is 0.293 e. The molecular weight excluding hydrogens is 252 g/mol. The zero-order valence-corrected chi connectivity index (χ0v) is 11.6. The normalized spacial score (nSPS) is 10.1. The zero-order valence-electron chi connectivity index (χ0n) is 11.6. The first kappa shape index (κ1) is 13.8. The molecule has 0 amide bonds. The molecule has 0 bridgehead atoms. The number of nitrogens with zero attached hydrogens (tertiary/aromatic N) is 4. The van der Waals surface area contributed by atoms with E-state index in [1.54, 1.807) is 47.1 Å². The lowest BCUT2D eigenvalue weighted by atomic mass is 10.2. The van der Waals surface area contributed by atoms with Crippen molar-refractivity contribution in [1.29, 1.82) is 5.26 Å². The highest BCUT2D eigenvalue weighted by Crippen LogP contribution is 2.22. The minimum Gasteiger partial charge on any atom is -0.324 e. The van der Waals surface area contributed by atoms with E-state index >= 15 is 0 Å². The van der Waals surface area contributed by atoms with Crippen LogP contribution in [0.3, 0.4) is 0 Å². The van der Waals surface area contributed by atoms with Crippen LogP contribution in [-0.2, 0) is 6.54 Å². The van der Waals surface area contributed by atoms with Crippen molar-refractivity contribution >= 4 is 11.5 Å². The Balaban J connectivity index is 2.49. The first-order valence-electron chi connectivity index (χ1n) is 6.47. The second-order valence-electron chi connectivity index (χ2n) is 4.44. The minimum absolute atomic E-state index is 0.149. The molecule has 0 radical (unpaired) electrons. The standard InChI is InChI=1S/C15H16N4O/c1-3-9-19-10-8-17-14(15(19)20)18(2)13-7-5-4-6-12(13)11-16/h4-8,10H,3,9H2,1-2H3. The second-order valence-corrected chi connectivity index (χ2v) is 4.44. The molecule has 1 aromatic carbocycles. The highest BCUT2D eigenvalue weighted by molar-refractivity contribution is 5.66. The van der Waals surface area contributed by atoms with E-state index in [9.17, 15) is 4.79 Å². The Bertz CT molecular complexity index is 700. The molecule has 5 nitrogen and oxygen atoms in total. The number of rotatable bonds is 4. The Hall–Kier alpha value is -2.61. The van der Waals surface area contributed by atoms with Crippen molar-refractivity contribution in [2.45, 2.75) is 19.9 Å². The molecule has 0 aliphatic rings. The number of hydrogen-bond donors (Lipinski definition) is 0. The third-order valence-corrected chi connectivity index (χ3v) is 3.06. The third-order valence-electron chi connectivity index (χ3n) is 3.06. The summed E-state index contributed by atoms with van der Waals surface area (Å²) in [6, 6.07) is 9.28. The van der Waals surface area contributed by atoms with E-state index in [0.717, 1.165) is 6.42 Å². The van der Waals surface area contributed by atoms with Crippen LogP contribution < -0.4 is 10.5 Å². The maximum atomic E-state index is 12.3. The topological polar surface area (TPSA) is 61.9 Å². The van der Waals surface area contributed by atoms with Crippen LogP contribution in [0.2, 0.25) is 0 Å². The van der Waals surface area contributed by atoms with Gasteiger partial charge >= 0.3 is 0 Å². The van der Waals surface area contributed by atoms with E-state index in [2.05, 4.69) is 11.1 Å². The number of hydrogen-bond acceptors (Lipinski definition) is 4. The van der Waals surface area contributed by atoms with Crippen molar-refractivity contribution in [2.75, 3.05) is 11.9 Å². The molecule has 0 N–H and O–H groups in total. The molecule has 102 valence electrons. The Labute approximate surface area is 117 Å². The Morgan fingerprint density at radius 1 is 1.40 bits per heavy atom. The van der Waals surface area contributed by atoms with Gasteiger partial charge in [0.15, 0.2) is 5.82 Å². The first-order valence-corrected chi connectivity index (χ1v) is 6.47. The van der Waals surface area contributed by atoms with Crippen LogP contribution in [0.5, 0.6) is 0 Å². The molecule has 0 saturated heterocycles. The van der Waals surface area contributed by atoms with Crippen LogP contribution in [0, 0.1) is 11.3 Å². The average molecular weight is 268 g/mol. The number of anilines is 2. The number of nitriles is 1. The summed E-state index contributed by atoms with van der Waals surface area (Å²) < 4.78 is 1.63. The lowest BCUT2D eigenvalue weighted by molar-refractivity contribution is 0.648. The van der Waals surface area contributed by atoms with Crippen molar-refractivity contribution in [1.82, 2.24) is 9.55 Å². The molecule has 1 aromatic heterocycles. The van der Waals surface area contributed by atoms with Crippen LogP contribution in [0.1, 0.15) is 18.9 Å². The summed E-state index contributed by atoms with van der Waals surface area (Å²) in [4.78, 5) is 18.2. The molecule has 2 aromatic rings. The molecule has 1 heterocycles. The number of benzene rings is 1. The summed E-state index contributed by atoms with van der Waals surface area (Å²) in [6.07, 6.45) is 4.17. The molecule has 2 rings (SSSR count). The SMILES string of the molecule is CCCn1ccnc(N(C)c2ccccc2C#N)c1=O. The second kappa shape index (κ2) is 6.02. The predicted octanol–water partition coefficient (Wildman–Crippen LogP) is 2.29. The van der Waals surface area contributed by atoms with Gasteiger partial charge in [0.2, 0.25) is 0 Å². The smallest absolute Gasteiger partial charge is 0.293 e. The van der Waals surface area contributed by atoms with Crippen LogP contribution in [0.25, 0.3) is 0 Å². The van der Waals surface area contributed by atoms with Gasteiger partial charge in [-0.15, -0.1) is 0 Å². The van der Waals surface area contributed by atoms with Crippen LogP contribution >= 0.6 is 0 Å². The Morgan fingerprint density at radius 3 is 2.85 bits per heavy atom. The van der Waals surface area contributed by atoms with E-state index in [1.807, 2.05) is 13.0 Å². The van der Waals surface area contributed by atoms with E-state index in [0.29, 0.717) is 23.6 Å². The van der Waals surface area contributed by atoms with Gasteiger partial charge in [0, 0.05) is 26.0 Å². The fourth-order valence-electron chi connectivity index (χ4n) is 2.06. The van der Waals surface area contributed by atoms with E-state index in [1.165, 1.54) is 0 Å². The van der Waals surface area contributed by atoms with Gasteiger partial charge in [-0.05, 0) is 18.6 Å². The fraction of sp³-hybridized carbons (Fsp3) is 0.267. The fourth-order valence-corrected chi connectivity index (χ4v) is 2.06. The molecule has 0 atom stereocenters.